The molecule has 0 aromatic heterocycles. The van der Waals surface area contributed by atoms with E-state index in [0.29, 0.717) is 24.3 Å². The Morgan fingerprint density at radius 3 is 2.80 bits per heavy atom. The van der Waals surface area contributed by atoms with Crippen molar-refractivity contribution in [3.63, 3.8) is 0 Å². The minimum absolute atomic E-state index is 0.207. The molecular formula is C12H22ClNO. The summed E-state index contributed by atoms with van der Waals surface area (Å²) in [6.07, 6.45) is 7.51. The average molecular weight is 232 g/mol. The summed E-state index contributed by atoms with van der Waals surface area (Å²) in [5.41, 5.74) is 0. The van der Waals surface area contributed by atoms with E-state index in [1.165, 1.54) is 19.3 Å². The second-order valence-corrected chi connectivity index (χ2v) is 4.79. The molecule has 2 unspecified atom stereocenters. The summed E-state index contributed by atoms with van der Waals surface area (Å²) in [4.78, 5) is 11.6. The molecule has 0 aliphatic heterocycles. The standard InChI is InChI=1S/C12H22ClNO/c1-2-3-8-12(15)14-11-7-5-4-6-10(11)9-13/h10-11H,2-9H2,1H3,(H,14,15). The molecule has 0 bridgehead atoms. The van der Waals surface area contributed by atoms with Crippen LogP contribution in [-0.4, -0.2) is 17.8 Å². The highest BCUT2D eigenvalue weighted by Gasteiger charge is 2.25. The van der Waals surface area contributed by atoms with E-state index in [0.717, 1.165) is 19.3 Å². The van der Waals surface area contributed by atoms with E-state index in [2.05, 4.69) is 12.2 Å². The van der Waals surface area contributed by atoms with Crippen LogP contribution in [0, 0.1) is 5.92 Å². The van der Waals surface area contributed by atoms with Crippen molar-refractivity contribution in [2.75, 3.05) is 5.88 Å². The lowest BCUT2D eigenvalue weighted by Gasteiger charge is -2.30. The first-order chi connectivity index (χ1) is 7.27. The van der Waals surface area contributed by atoms with Crippen molar-refractivity contribution in [3.05, 3.63) is 0 Å². The molecule has 3 heteroatoms. The topological polar surface area (TPSA) is 29.1 Å². The van der Waals surface area contributed by atoms with Crippen molar-refractivity contribution in [2.45, 2.75) is 57.9 Å². The molecule has 1 aliphatic rings. The number of amides is 1. The maximum absolute atomic E-state index is 11.6. The zero-order valence-electron chi connectivity index (χ0n) is 9.60. The van der Waals surface area contributed by atoms with E-state index < -0.39 is 0 Å². The maximum Gasteiger partial charge on any atom is 0.220 e. The average Bonchev–Trinajstić information content (AvgIpc) is 2.27. The highest BCUT2D eigenvalue weighted by atomic mass is 35.5. The van der Waals surface area contributed by atoms with Gasteiger partial charge in [-0.1, -0.05) is 26.2 Å². The Bertz CT molecular complexity index is 196. The summed E-state index contributed by atoms with van der Waals surface area (Å²) < 4.78 is 0. The summed E-state index contributed by atoms with van der Waals surface area (Å²) in [6, 6.07) is 0.334. The second kappa shape index (κ2) is 7.10. The number of carbonyl (C=O) groups excluding carboxylic acids is 1. The van der Waals surface area contributed by atoms with E-state index >= 15 is 0 Å². The van der Waals surface area contributed by atoms with Crippen molar-refractivity contribution in [2.24, 2.45) is 5.92 Å². The first kappa shape index (κ1) is 12.8. The number of alkyl halides is 1. The normalized spacial score (nSPS) is 26.3. The fraction of sp³-hybridized carbons (Fsp3) is 0.917. The molecule has 2 nitrogen and oxygen atoms in total. The van der Waals surface area contributed by atoms with Crippen molar-refractivity contribution < 1.29 is 4.79 Å². The van der Waals surface area contributed by atoms with Gasteiger partial charge in [0.1, 0.15) is 0 Å². The third-order valence-corrected chi connectivity index (χ3v) is 3.61. The number of rotatable bonds is 5. The van der Waals surface area contributed by atoms with E-state index in [4.69, 9.17) is 11.6 Å². The zero-order valence-corrected chi connectivity index (χ0v) is 10.4. The van der Waals surface area contributed by atoms with E-state index in [1.54, 1.807) is 0 Å². The van der Waals surface area contributed by atoms with Gasteiger partial charge in [-0.15, -0.1) is 11.6 Å². The van der Waals surface area contributed by atoms with Crippen LogP contribution in [0.5, 0.6) is 0 Å². The number of halogens is 1. The number of nitrogens with one attached hydrogen (secondary N) is 1. The lowest BCUT2D eigenvalue weighted by atomic mass is 9.85. The first-order valence-electron chi connectivity index (χ1n) is 6.13. The lowest BCUT2D eigenvalue weighted by Crippen LogP contribution is -2.42. The molecule has 1 amide bonds. The van der Waals surface area contributed by atoms with Gasteiger partial charge >= 0.3 is 0 Å². The van der Waals surface area contributed by atoms with Crippen molar-refractivity contribution in [3.8, 4) is 0 Å². The first-order valence-corrected chi connectivity index (χ1v) is 6.66. The summed E-state index contributed by atoms with van der Waals surface area (Å²) in [5, 5.41) is 3.13. The van der Waals surface area contributed by atoms with Crippen LogP contribution >= 0.6 is 11.6 Å². The fourth-order valence-electron chi connectivity index (χ4n) is 2.20. The van der Waals surface area contributed by atoms with E-state index in [9.17, 15) is 4.79 Å². The summed E-state index contributed by atoms with van der Waals surface area (Å²) >= 11 is 5.91. The van der Waals surface area contributed by atoms with Gasteiger partial charge in [0.25, 0.3) is 0 Å². The van der Waals surface area contributed by atoms with Crippen LogP contribution < -0.4 is 5.32 Å². The van der Waals surface area contributed by atoms with Gasteiger partial charge in [0.05, 0.1) is 0 Å². The number of carbonyl (C=O) groups is 1. The Morgan fingerprint density at radius 2 is 2.13 bits per heavy atom. The van der Waals surface area contributed by atoms with Crippen molar-refractivity contribution in [1.29, 1.82) is 0 Å². The number of unbranched alkanes of at least 4 members (excludes halogenated alkanes) is 1. The largest absolute Gasteiger partial charge is 0.353 e. The molecule has 2 atom stereocenters. The second-order valence-electron chi connectivity index (χ2n) is 4.48. The molecule has 15 heavy (non-hydrogen) atoms. The Balaban J connectivity index is 2.30. The van der Waals surface area contributed by atoms with Crippen LogP contribution in [0.3, 0.4) is 0 Å². The molecule has 1 rings (SSSR count). The third kappa shape index (κ3) is 4.42. The molecular weight excluding hydrogens is 210 g/mol. The third-order valence-electron chi connectivity index (χ3n) is 3.21. The van der Waals surface area contributed by atoms with Gasteiger partial charge in [-0.05, 0) is 25.2 Å². The molecule has 1 N–H and O–H groups in total. The number of hydrogen-bond acceptors (Lipinski definition) is 1. The highest BCUT2D eigenvalue weighted by molar-refractivity contribution is 6.18. The zero-order chi connectivity index (χ0) is 11.1. The SMILES string of the molecule is CCCCC(=O)NC1CCCCC1CCl. The molecule has 0 heterocycles. The van der Waals surface area contributed by atoms with Crippen LogP contribution in [0.2, 0.25) is 0 Å². The van der Waals surface area contributed by atoms with Crippen LogP contribution in [-0.2, 0) is 4.79 Å². The molecule has 1 saturated carbocycles. The van der Waals surface area contributed by atoms with E-state index in [-0.39, 0.29) is 5.91 Å². The molecule has 0 saturated heterocycles. The van der Waals surface area contributed by atoms with Gasteiger partial charge in [0, 0.05) is 18.3 Å². The van der Waals surface area contributed by atoms with Gasteiger partial charge in [0.2, 0.25) is 5.91 Å². The lowest BCUT2D eigenvalue weighted by molar-refractivity contribution is -0.122. The maximum atomic E-state index is 11.6. The monoisotopic (exact) mass is 231 g/mol. The predicted molar refractivity (Wildman–Crippen MR) is 64.1 cm³/mol. The molecule has 1 aliphatic carbocycles. The molecule has 0 radical (unpaired) electrons. The van der Waals surface area contributed by atoms with Gasteiger partial charge in [0.15, 0.2) is 0 Å². The molecule has 88 valence electrons. The number of hydrogen-bond donors (Lipinski definition) is 1. The minimum atomic E-state index is 0.207. The minimum Gasteiger partial charge on any atom is -0.353 e. The quantitative estimate of drug-likeness (QED) is 0.724. The van der Waals surface area contributed by atoms with Gasteiger partial charge in [-0.25, -0.2) is 0 Å². The summed E-state index contributed by atoms with van der Waals surface area (Å²) in [5.74, 6) is 1.38. The Morgan fingerprint density at radius 1 is 1.40 bits per heavy atom. The van der Waals surface area contributed by atoms with Gasteiger partial charge < -0.3 is 5.32 Å². The van der Waals surface area contributed by atoms with Crippen LogP contribution in [0.25, 0.3) is 0 Å². The van der Waals surface area contributed by atoms with Gasteiger partial charge in [-0.2, -0.15) is 0 Å². The highest BCUT2D eigenvalue weighted by Crippen LogP contribution is 2.25. The van der Waals surface area contributed by atoms with Crippen molar-refractivity contribution >= 4 is 17.5 Å². The van der Waals surface area contributed by atoms with Crippen molar-refractivity contribution in [1.82, 2.24) is 5.32 Å². The summed E-state index contributed by atoms with van der Waals surface area (Å²) in [6.45, 7) is 2.11. The molecule has 1 fully saturated rings. The van der Waals surface area contributed by atoms with E-state index in [1.807, 2.05) is 0 Å². The van der Waals surface area contributed by atoms with Crippen LogP contribution in [0.1, 0.15) is 51.9 Å². The summed E-state index contributed by atoms with van der Waals surface area (Å²) in [7, 11) is 0. The van der Waals surface area contributed by atoms with Gasteiger partial charge in [-0.3, -0.25) is 4.79 Å². The fourth-order valence-corrected chi connectivity index (χ4v) is 2.57. The predicted octanol–water partition coefficient (Wildman–Crippen LogP) is 3.09. The smallest absolute Gasteiger partial charge is 0.220 e. The molecule has 0 spiro atoms. The van der Waals surface area contributed by atoms with Crippen LogP contribution in [0.4, 0.5) is 0 Å². The molecule has 0 aromatic rings. The Labute approximate surface area is 97.8 Å². The Hall–Kier alpha value is -0.240. The Kier molecular flexibility index (Phi) is 6.07. The molecule has 0 aromatic carbocycles. The van der Waals surface area contributed by atoms with Crippen LogP contribution in [0.15, 0.2) is 0 Å².